The van der Waals surface area contributed by atoms with E-state index in [1.807, 2.05) is 64.1 Å². The van der Waals surface area contributed by atoms with Crippen LogP contribution in [0.1, 0.15) is 99.6 Å². The minimum absolute atomic E-state index is 0.127. The second kappa shape index (κ2) is 16.8. The van der Waals surface area contributed by atoms with Crippen LogP contribution < -0.4 is 10.6 Å². The van der Waals surface area contributed by atoms with Crippen LogP contribution in [0, 0.1) is 35.5 Å². The Balaban J connectivity index is 1.17. The van der Waals surface area contributed by atoms with E-state index < -0.39 is 24.3 Å². The number of imidazole rings is 2. The summed E-state index contributed by atoms with van der Waals surface area (Å²) in [7, 11) is 1.28. The van der Waals surface area contributed by atoms with Crippen molar-refractivity contribution in [2.24, 2.45) is 11.8 Å². The van der Waals surface area contributed by atoms with Crippen molar-refractivity contribution < 1.29 is 29.0 Å². The molecule has 4 heterocycles. The molecule has 2 aromatic heterocycles. The molecule has 2 aliphatic heterocycles. The van der Waals surface area contributed by atoms with E-state index in [-0.39, 0.29) is 35.7 Å². The Morgan fingerprint density at radius 3 is 1.62 bits per heavy atom. The monoisotopic (exact) mass is 746 g/mol. The number of hydrogen-bond acceptors (Lipinski definition) is 7. The molecule has 14 nitrogen and oxygen atoms in total. The smallest absolute Gasteiger partial charge is 0.407 e. The first kappa shape index (κ1) is 38.4. The van der Waals surface area contributed by atoms with Crippen molar-refractivity contribution in [3.63, 3.8) is 0 Å². The van der Waals surface area contributed by atoms with E-state index >= 15 is 0 Å². The van der Waals surface area contributed by atoms with E-state index in [4.69, 9.17) is 4.74 Å². The van der Waals surface area contributed by atoms with Gasteiger partial charge in [-0.2, -0.15) is 0 Å². The molecule has 4 unspecified atom stereocenters. The molecule has 0 bridgehead atoms. The van der Waals surface area contributed by atoms with Gasteiger partial charge in [0.15, 0.2) is 0 Å². The summed E-state index contributed by atoms with van der Waals surface area (Å²) >= 11 is 0. The molecule has 2 saturated heterocycles. The number of rotatable bonds is 8. The lowest BCUT2D eigenvalue weighted by atomic mass is 10.0. The van der Waals surface area contributed by atoms with Crippen molar-refractivity contribution in [3.8, 4) is 23.7 Å². The van der Waals surface area contributed by atoms with Gasteiger partial charge in [0.05, 0.1) is 31.6 Å². The van der Waals surface area contributed by atoms with Gasteiger partial charge < -0.3 is 40.2 Å². The minimum atomic E-state index is -1.23. The Morgan fingerprint density at radius 2 is 1.20 bits per heavy atom. The SMILES string of the molecule is COC(=O)NC(C(=O)N1CCCC1c1ncc(C#Cc2cccc3c(C#Cc4cnc(C5CCCN5C(=O)C(NC(=O)O)C(C)C)[nH]4)cccc23)[nH]1)C(C)C. The number of ether oxygens (including phenoxy) is 1. The number of alkyl carbamates (subject to hydrolysis) is 1. The summed E-state index contributed by atoms with van der Waals surface area (Å²) < 4.78 is 4.74. The fourth-order valence-corrected chi connectivity index (χ4v) is 7.27. The molecule has 286 valence electrons. The molecule has 2 aromatic carbocycles. The van der Waals surface area contributed by atoms with Crippen molar-refractivity contribution in [3.05, 3.63) is 83.0 Å². The average molecular weight is 747 g/mol. The highest BCUT2D eigenvalue weighted by Crippen LogP contribution is 2.33. The first-order valence-corrected chi connectivity index (χ1v) is 18.6. The number of nitrogens with zero attached hydrogens (tertiary/aromatic N) is 4. The number of carboxylic acid groups (broad SMARTS) is 1. The van der Waals surface area contributed by atoms with Crippen LogP contribution >= 0.6 is 0 Å². The highest BCUT2D eigenvalue weighted by atomic mass is 16.5. The van der Waals surface area contributed by atoms with Crippen LogP contribution in [0.25, 0.3) is 10.8 Å². The Bertz CT molecular complexity index is 2200. The molecule has 4 aromatic rings. The highest BCUT2D eigenvalue weighted by molar-refractivity contribution is 5.93. The van der Waals surface area contributed by atoms with E-state index in [1.54, 1.807) is 22.2 Å². The predicted octanol–water partition coefficient (Wildman–Crippen LogP) is 5.09. The van der Waals surface area contributed by atoms with Crippen molar-refractivity contribution >= 4 is 34.8 Å². The number of carbonyl (C=O) groups is 4. The zero-order valence-electron chi connectivity index (χ0n) is 31.6. The van der Waals surface area contributed by atoms with E-state index in [0.717, 1.165) is 41.2 Å². The molecule has 4 atom stereocenters. The number of methoxy groups -OCH3 is 1. The van der Waals surface area contributed by atoms with Gasteiger partial charge in [0.2, 0.25) is 11.8 Å². The summed E-state index contributed by atoms with van der Waals surface area (Å²) in [5, 5.41) is 16.2. The van der Waals surface area contributed by atoms with Crippen molar-refractivity contribution in [2.75, 3.05) is 20.2 Å². The number of aromatic amines is 2. The van der Waals surface area contributed by atoms with E-state index in [0.29, 0.717) is 42.5 Å². The molecule has 0 radical (unpaired) electrons. The molecule has 2 fully saturated rings. The minimum Gasteiger partial charge on any atom is -0.465 e. The van der Waals surface area contributed by atoms with Crippen molar-refractivity contribution in [2.45, 2.75) is 77.5 Å². The third-order valence-corrected chi connectivity index (χ3v) is 10.1. The maximum Gasteiger partial charge on any atom is 0.407 e. The lowest BCUT2D eigenvalue weighted by Crippen LogP contribution is -2.51. The van der Waals surface area contributed by atoms with Crippen molar-refractivity contribution in [1.82, 2.24) is 40.4 Å². The number of hydrogen-bond donors (Lipinski definition) is 5. The molecule has 6 rings (SSSR count). The molecule has 2 aliphatic rings. The van der Waals surface area contributed by atoms with E-state index in [2.05, 4.69) is 54.3 Å². The average Bonchev–Trinajstić information content (AvgIpc) is 4.00. The lowest BCUT2D eigenvalue weighted by molar-refractivity contribution is -0.136. The zero-order valence-corrected chi connectivity index (χ0v) is 31.6. The second-order valence-corrected chi connectivity index (χ2v) is 14.5. The number of likely N-dealkylation sites (tertiary alicyclic amines) is 2. The number of aromatic nitrogens is 4. The number of H-pyrrole nitrogens is 2. The van der Waals surface area contributed by atoms with E-state index in [9.17, 15) is 24.3 Å². The maximum atomic E-state index is 13.5. The van der Waals surface area contributed by atoms with Crippen LogP contribution in [-0.4, -0.2) is 91.1 Å². The third-order valence-electron chi connectivity index (χ3n) is 10.1. The Labute approximate surface area is 319 Å². The van der Waals surface area contributed by atoms with E-state index in [1.165, 1.54) is 7.11 Å². The molecular weight excluding hydrogens is 701 g/mol. The van der Waals surface area contributed by atoms with Crippen LogP contribution in [0.2, 0.25) is 0 Å². The molecule has 4 amide bonds. The number of fused-ring (bicyclic) bond motifs is 1. The zero-order chi connectivity index (χ0) is 39.2. The summed E-state index contributed by atoms with van der Waals surface area (Å²) in [5.41, 5.74) is 2.84. The predicted molar refractivity (Wildman–Crippen MR) is 204 cm³/mol. The van der Waals surface area contributed by atoms with Crippen LogP contribution in [0.15, 0.2) is 48.8 Å². The first-order valence-electron chi connectivity index (χ1n) is 18.6. The van der Waals surface area contributed by atoms with Crippen LogP contribution in [0.5, 0.6) is 0 Å². The topological polar surface area (TPSA) is 186 Å². The Kier molecular flexibility index (Phi) is 11.7. The lowest BCUT2D eigenvalue weighted by Gasteiger charge is -2.29. The van der Waals surface area contributed by atoms with Crippen molar-refractivity contribution in [1.29, 1.82) is 0 Å². The molecule has 0 aliphatic carbocycles. The highest BCUT2D eigenvalue weighted by Gasteiger charge is 2.38. The van der Waals surface area contributed by atoms with Crippen LogP contribution in [-0.2, 0) is 14.3 Å². The molecule has 5 N–H and O–H groups in total. The quantitative estimate of drug-likeness (QED) is 0.155. The van der Waals surface area contributed by atoms with Crippen LogP contribution in [0.4, 0.5) is 9.59 Å². The summed E-state index contributed by atoms with van der Waals surface area (Å²) in [4.78, 5) is 69.3. The van der Waals surface area contributed by atoms with Gasteiger partial charge in [0.25, 0.3) is 0 Å². The molecule has 55 heavy (non-hydrogen) atoms. The third kappa shape index (κ3) is 8.60. The Hall–Kier alpha value is -6.28. The van der Waals surface area contributed by atoms with Gasteiger partial charge in [-0.25, -0.2) is 19.6 Å². The van der Waals surface area contributed by atoms with Gasteiger partial charge in [-0.15, -0.1) is 0 Å². The summed E-state index contributed by atoms with van der Waals surface area (Å²) in [6.45, 7) is 8.48. The largest absolute Gasteiger partial charge is 0.465 e. The van der Waals surface area contributed by atoms with Gasteiger partial charge in [-0.05, 0) is 72.3 Å². The number of benzene rings is 2. The normalized spacial score (nSPS) is 17.7. The maximum absolute atomic E-state index is 13.5. The number of nitrogens with one attached hydrogen (secondary N) is 4. The second-order valence-electron chi connectivity index (χ2n) is 14.5. The van der Waals surface area contributed by atoms with Gasteiger partial charge in [-0.1, -0.05) is 63.8 Å². The van der Waals surface area contributed by atoms with Gasteiger partial charge >= 0.3 is 12.2 Å². The van der Waals surface area contributed by atoms with Crippen LogP contribution in [0.3, 0.4) is 0 Å². The fourth-order valence-electron chi connectivity index (χ4n) is 7.27. The molecule has 0 spiro atoms. The Morgan fingerprint density at radius 1 is 0.745 bits per heavy atom. The summed E-state index contributed by atoms with van der Waals surface area (Å²) in [5.74, 6) is 13.4. The van der Waals surface area contributed by atoms with Gasteiger partial charge in [-0.3, -0.25) is 9.59 Å². The first-order chi connectivity index (χ1) is 26.4. The number of amides is 4. The van der Waals surface area contributed by atoms with Gasteiger partial charge in [0, 0.05) is 24.2 Å². The summed E-state index contributed by atoms with van der Waals surface area (Å²) in [6.07, 6.45) is 4.52. The number of carbonyl (C=O) groups excluding carboxylic acids is 3. The standard InChI is InChI=1S/C41H46N8O6/c1-24(2)34(46-40(52)53)38(50)48-20-8-14-32(48)36-42-22-28(44-36)18-16-26-10-6-13-31-27(11-7-12-30(26)31)17-19-29-23-43-37(45-29)33-15-9-21-49(33)39(51)35(25(3)4)47-41(54)55-5/h6-7,10-13,22-25,32-35,46H,8-9,14-15,20-21H2,1-5H3,(H,42,44)(H,43,45)(H,47,54)(H,52,53). The molecule has 0 saturated carbocycles. The molecule has 14 heteroatoms. The fraction of sp³-hybridized carbons (Fsp3) is 0.415. The molecular formula is C41H46N8O6. The summed E-state index contributed by atoms with van der Waals surface area (Å²) in [6, 6.07) is 9.67. The van der Waals surface area contributed by atoms with Gasteiger partial charge in [0.1, 0.15) is 35.1 Å².